The number of nitrogens with zero attached hydrogens (tertiary/aromatic N) is 1. The van der Waals surface area contributed by atoms with Gasteiger partial charge in [0, 0.05) is 13.1 Å². The lowest BCUT2D eigenvalue weighted by atomic mass is 9.92. The van der Waals surface area contributed by atoms with E-state index in [9.17, 15) is 14.3 Å². The summed E-state index contributed by atoms with van der Waals surface area (Å²) in [4.78, 5) is 14.0. The smallest absolute Gasteiger partial charge is 0.226 e. The van der Waals surface area contributed by atoms with Gasteiger partial charge in [0.2, 0.25) is 5.91 Å². The number of carbonyl (C=O) groups is 1. The first-order valence-electron chi connectivity index (χ1n) is 7.29. The van der Waals surface area contributed by atoms with Gasteiger partial charge in [-0.3, -0.25) is 4.79 Å². The normalized spacial score (nSPS) is 17.6. The van der Waals surface area contributed by atoms with Crippen LogP contribution >= 0.6 is 0 Å². The molecule has 1 aliphatic rings. The Morgan fingerprint density at radius 1 is 1.48 bits per heavy atom. The molecule has 1 aromatic rings. The first-order valence-corrected chi connectivity index (χ1v) is 7.29. The summed E-state index contributed by atoms with van der Waals surface area (Å²) in [5.41, 5.74) is 0.649. The second-order valence-electron chi connectivity index (χ2n) is 5.60. The largest absolute Gasteiger partial charge is 0.494 e. The van der Waals surface area contributed by atoms with Gasteiger partial charge in [-0.15, -0.1) is 0 Å². The fourth-order valence-electron chi connectivity index (χ4n) is 2.74. The molecule has 0 aliphatic carbocycles. The Bertz CT molecular complexity index is 496. The number of hydrogen-bond acceptors (Lipinski definition) is 3. The molecule has 0 saturated carbocycles. The first kappa shape index (κ1) is 15.8. The highest BCUT2D eigenvalue weighted by molar-refractivity contribution is 5.78. The number of hydrogen-bond donors (Lipinski definition) is 1. The minimum absolute atomic E-state index is 0.00334. The Kier molecular flexibility index (Phi) is 5.17. The summed E-state index contributed by atoms with van der Waals surface area (Å²) in [6.45, 7) is 3.11. The van der Waals surface area contributed by atoms with Gasteiger partial charge in [-0.05, 0) is 43.4 Å². The number of aliphatic hydroxyl groups excluding tert-OH is 1. The molecule has 1 amide bonds. The molecule has 1 saturated heterocycles. The SMILES string of the molecule is COc1ccc(CC(=O)N2CCC(C(C)O)CC2)cc1F. The Morgan fingerprint density at radius 3 is 2.67 bits per heavy atom. The maximum absolute atomic E-state index is 13.6. The minimum atomic E-state index is -0.449. The Labute approximate surface area is 124 Å². The van der Waals surface area contributed by atoms with Gasteiger partial charge in [-0.2, -0.15) is 0 Å². The van der Waals surface area contributed by atoms with Gasteiger partial charge in [0.1, 0.15) is 0 Å². The van der Waals surface area contributed by atoms with Crippen LogP contribution in [-0.4, -0.2) is 42.2 Å². The lowest BCUT2D eigenvalue weighted by Gasteiger charge is -2.33. The summed E-state index contributed by atoms with van der Waals surface area (Å²) < 4.78 is 18.5. The van der Waals surface area contributed by atoms with Crippen molar-refractivity contribution in [3.05, 3.63) is 29.6 Å². The van der Waals surface area contributed by atoms with Crippen molar-refractivity contribution in [3.63, 3.8) is 0 Å². The predicted molar refractivity (Wildman–Crippen MR) is 77.6 cm³/mol. The second-order valence-corrected chi connectivity index (χ2v) is 5.60. The number of rotatable bonds is 4. The van der Waals surface area contributed by atoms with E-state index in [1.165, 1.54) is 19.2 Å². The van der Waals surface area contributed by atoms with Crippen molar-refractivity contribution in [1.82, 2.24) is 4.90 Å². The molecule has 1 aromatic carbocycles. The number of halogens is 1. The molecule has 1 N–H and O–H groups in total. The Morgan fingerprint density at radius 2 is 2.14 bits per heavy atom. The fraction of sp³-hybridized carbons (Fsp3) is 0.562. The van der Waals surface area contributed by atoms with Crippen molar-refractivity contribution in [3.8, 4) is 5.75 Å². The van der Waals surface area contributed by atoms with Crippen LogP contribution < -0.4 is 4.74 Å². The van der Waals surface area contributed by atoms with Crippen LogP contribution in [0.25, 0.3) is 0 Å². The average Bonchev–Trinajstić information content (AvgIpc) is 2.47. The Balaban J connectivity index is 1.92. The van der Waals surface area contributed by atoms with Gasteiger partial charge in [0.15, 0.2) is 11.6 Å². The summed E-state index contributed by atoms with van der Waals surface area (Å²) >= 11 is 0. The average molecular weight is 295 g/mol. The van der Waals surface area contributed by atoms with Crippen LogP contribution in [0.5, 0.6) is 5.75 Å². The summed E-state index contributed by atoms with van der Waals surface area (Å²) in [5, 5.41) is 9.56. The number of likely N-dealkylation sites (tertiary alicyclic amines) is 1. The van der Waals surface area contributed by atoms with E-state index in [1.807, 2.05) is 0 Å². The number of methoxy groups -OCH3 is 1. The third-order valence-electron chi connectivity index (χ3n) is 4.15. The molecule has 0 aromatic heterocycles. The summed E-state index contributed by atoms with van der Waals surface area (Å²) in [6, 6.07) is 4.60. The highest BCUT2D eigenvalue weighted by Gasteiger charge is 2.25. The van der Waals surface area contributed by atoms with Crippen molar-refractivity contribution in [2.75, 3.05) is 20.2 Å². The number of aliphatic hydroxyl groups is 1. The summed E-state index contributed by atoms with van der Waals surface area (Å²) in [6.07, 6.45) is 1.51. The molecule has 5 heteroatoms. The van der Waals surface area contributed by atoms with E-state index >= 15 is 0 Å². The third-order valence-corrected chi connectivity index (χ3v) is 4.15. The maximum atomic E-state index is 13.6. The van der Waals surface area contributed by atoms with E-state index in [1.54, 1.807) is 17.9 Å². The van der Waals surface area contributed by atoms with Crippen molar-refractivity contribution in [2.24, 2.45) is 5.92 Å². The van der Waals surface area contributed by atoms with Gasteiger partial charge >= 0.3 is 0 Å². The topological polar surface area (TPSA) is 49.8 Å². The monoisotopic (exact) mass is 295 g/mol. The van der Waals surface area contributed by atoms with Crippen molar-refractivity contribution >= 4 is 5.91 Å². The quantitative estimate of drug-likeness (QED) is 0.924. The van der Waals surface area contributed by atoms with Gasteiger partial charge in [0.25, 0.3) is 0 Å². The number of benzene rings is 1. The number of ether oxygens (including phenoxy) is 1. The molecule has 116 valence electrons. The number of amides is 1. The molecule has 1 heterocycles. The molecule has 1 atom stereocenters. The zero-order valence-corrected chi connectivity index (χ0v) is 12.5. The van der Waals surface area contributed by atoms with E-state index in [2.05, 4.69) is 0 Å². The van der Waals surface area contributed by atoms with E-state index in [0.717, 1.165) is 12.8 Å². The molecule has 0 bridgehead atoms. The van der Waals surface area contributed by atoms with Gasteiger partial charge in [-0.25, -0.2) is 4.39 Å². The molecule has 1 aliphatic heterocycles. The molecule has 0 spiro atoms. The molecule has 2 rings (SSSR count). The highest BCUT2D eigenvalue weighted by atomic mass is 19.1. The van der Waals surface area contributed by atoms with Crippen LogP contribution in [0.2, 0.25) is 0 Å². The molecule has 4 nitrogen and oxygen atoms in total. The zero-order valence-electron chi connectivity index (χ0n) is 12.5. The fourth-order valence-corrected chi connectivity index (χ4v) is 2.74. The number of piperidine rings is 1. The van der Waals surface area contributed by atoms with Gasteiger partial charge in [0.05, 0.1) is 19.6 Å². The van der Waals surface area contributed by atoms with E-state index in [-0.39, 0.29) is 30.1 Å². The van der Waals surface area contributed by atoms with Gasteiger partial charge in [-0.1, -0.05) is 6.07 Å². The van der Waals surface area contributed by atoms with Crippen LogP contribution in [0.3, 0.4) is 0 Å². The van der Waals surface area contributed by atoms with Crippen molar-refractivity contribution < 1.29 is 19.0 Å². The van der Waals surface area contributed by atoms with E-state index < -0.39 is 5.82 Å². The van der Waals surface area contributed by atoms with Crippen LogP contribution in [0, 0.1) is 11.7 Å². The lowest BCUT2D eigenvalue weighted by molar-refractivity contribution is -0.132. The molecule has 21 heavy (non-hydrogen) atoms. The summed E-state index contributed by atoms with van der Waals surface area (Å²) in [5.74, 6) is 0.00986. The number of carbonyl (C=O) groups excluding carboxylic acids is 1. The maximum Gasteiger partial charge on any atom is 0.226 e. The molecular formula is C16H22FNO3. The first-order chi connectivity index (χ1) is 10.0. The van der Waals surface area contributed by atoms with Crippen LogP contribution in [-0.2, 0) is 11.2 Å². The summed E-state index contributed by atoms with van der Waals surface area (Å²) in [7, 11) is 1.41. The molecule has 1 unspecified atom stereocenters. The minimum Gasteiger partial charge on any atom is -0.494 e. The van der Waals surface area contributed by atoms with E-state index in [4.69, 9.17) is 4.74 Å². The predicted octanol–water partition coefficient (Wildman–Crippen LogP) is 2.00. The highest BCUT2D eigenvalue weighted by Crippen LogP contribution is 2.22. The Hall–Kier alpha value is -1.62. The standard InChI is InChI=1S/C16H22FNO3/c1-11(19)13-5-7-18(8-6-13)16(20)10-12-3-4-15(21-2)14(17)9-12/h3-4,9,11,13,19H,5-8,10H2,1-2H3. The lowest BCUT2D eigenvalue weighted by Crippen LogP contribution is -2.41. The molecular weight excluding hydrogens is 273 g/mol. The van der Waals surface area contributed by atoms with Gasteiger partial charge < -0.3 is 14.7 Å². The van der Waals surface area contributed by atoms with Crippen molar-refractivity contribution in [1.29, 1.82) is 0 Å². The third kappa shape index (κ3) is 3.94. The van der Waals surface area contributed by atoms with E-state index in [0.29, 0.717) is 18.7 Å². The second kappa shape index (κ2) is 6.89. The molecule has 0 radical (unpaired) electrons. The van der Waals surface area contributed by atoms with Crippen molar-refractivity contribution in [2.45, 2.75) is 32.3 Å². The van der Waals surface area contributed by atoms with Crippen LogP contribution in [0.1, 0.15) is 25.3 Å². The van der Waals surface area contributed by atoms with Crippen LogP contribution in [0.15, 0.2) is 18.2 Å². The molecule has 1 fully saturated rings. The zero-order chi connectivity index (χ0) is 15.4. The van der Waals surface area contributed by atoms with Crippen LogP contribution in [0.4, 0.5) is 4.39 Å².